The van der Waals surface area contributed by atoms with Crippen molar-refractivity contribution < 1.29 is 0 Å². The molecule has 0 aliphatic carbocycles. The summed E-state index contributed by atoms with van der Waals surface area (Å²) in [4.78, 5) is 0. The summed E-state index contributed by atoms with van der Waals surface area (Å²) in [5, 5.41) is 6.11. The molecule has 0 radical (unpaired) electrons. The van der Waals surface area contributed by atoms with Crippen molar-refractivity contribution in [2.75, 3.05) is 0 Å². The number of hydrogen-bond acceptors (Lipinski definition) is 4. The van der Waals surface area contributed by atoms with Gasteiger partial charge >= 0.3 is 0 Å². The number of hydrazine groups is 2. The van der Waals surface area contributed by atoms with Gasteiger partial charge in [0.1, 0.15) is 6.34 Å². The van der Waals surface area contributed by atoms with Gasteiger partial charge in [0.25, 0.3) is 0 Å². The molecule has 0 saturated heterocycles. The Labute approximate surface area is 119 Å². The molecule has 0 amide bonds. The maximum atomic E-state index is 4.00. The molecule has 1 rings (SSSR count). The molecule has 0 bridgehead atoms. The van der Waals surface area contributed by atoms with Gasteiger partial charge in [-0.05, 0) is 19.8 Å². The van der Waals surface area contributed by atoms with Gasteiger partial charge in [-0.3, -0.25) is 5.01 Å². The number of hydrogen-bond donors (Lipinski definition) is 2. The monoisotopic (exact) mass is 268 g/mol. The lowest BCUT2D eigenvalue weighted by Gasteiger charge is -2.36. The van der Waals surface area contributed by atoms with Crippen LogP contribution in [-0.4, -0.2) is 16.9 Å². The second kappa shape index (κ2) is 9.18. The minimum atomic E-state index is 0.176. The minimum Gasteiger partial charge on any atom is -0.272 e. The Morgan fingerprint density at radius 1 is 1.00 bits per heavy atom. The van der Waals surface area contributed by atoms with E-state index in [1.54, 1.807) is 0 Å². The van der Waals surface area contributed by atoms with Gasteiger partial charge in [0.05, 0.1) is 5.54 Å². The average molecular weight is 268 g/mol. The quantitative estimate of drug-likeness (QED) is 0.557. The summed E-state index contributed by atoms with van der Waals surface area (Å²) < 4.78 is 0. The fourth-order valence-corrected chi connectivity index (χ4v) is 2.58. The summed E-state index contributed by atoms with van der Waals surface area (Å²) in [6, 6.07) is 0. The average Bonchev–Trinajstić information content (AvgIpc) is 2.96. The van der Waals surface area contributed by atoms with Crippen molar-refractivity contribution >= 4 is 6.34 Å². The summed E-state index contributed by atoms with van der Waals surface area (Å²) in [5.74, 6) is 0. The van der Waals surface area contributed by atoms with Crippen LogP contribution in [0.3, 0.4) is 0 Å². The molecule has 2 N–H and O–H groups in total. The molecule has 0 aromatic rings. The van der Waals surface area contributed by atoms with E-state index in [0.717, 1.165) is 6.42 Å². The first kappa shape index (κ1) is 16.3. The van der Waals surface area contributed by atoms with E-state index in [-0.39, 0.29) is 5.54 Å². The van der Waals surface area contributed by atoms with E-state index in [2.05, 4.69) is 42.0 Å². The van der Waals surface area contributed by atoms with E-state index in [1.807, 2.05) is 6.34 Å². The first-order chi connectivity index (χ1) is 9.23. The molecule has 4 nitrogen and oxygen atoms in total. The van der Waals surface area contributed by atoms with Crippen LogP contribution in [0.15, 0.2) is 5.10 Å². The number of hydrazone groups is 1. The first-order valence-electron chi connectivity index (χ1n) is 8.06. The predicted molar refractivity (Wildman–Crippen MR) is 82.5 cm³/mol. The van der Waals surface area contributed by atoms with Crippen LogP contribution in [-0.2, 0) is 0 Å². The van der Waals surface area contributed by atoms with Crippen molar-refractivity contribution in [1.29, 1.82) is 0 Å². The topological polar surface area (TPSA) is 39.7 Å². The minimum absolute atomic E-state index is 0.176. The van der Waals surface area contributed by atoms with Crippen LogP contribution in [0.25, 0.3) is 0 Å². The van der Waals surface area contributed by atoms with Crippen molar-refractivity contribution in [1.82, 2.24) is 16.1 Å². The Hall–Kier alpha value is -0.770. The molecule has 0 saturated carbocycles. The molecule has 4 heteroatoms. The molecule has 0 aromatic carbocycles. The molecule has 1 unspecified atom stereocenters. The third-order valence-corrected chi connectivity index (χ3v) is 4.32. The van der Waals surface area contributed by atoms with E-state index in [1.165, 1.54) is 57.8 Å². The number of nitrogens with zero attached hydrogens (tertiary/aromatic N) is 2. The molecule has 1 atom stereocenters. The Morgan fingerprint density at radius 2 is 1.63 bits per heavy atom. The second-order valence-corrected chi connectivity index (χ2v) is 5.91. The smallest absolute Gasteiger partial charge is 0.129 e. The highest BCUT2D eigenvalue weighted by molar-refractivity contribution is 5.56. The maximum absolute atomic E-state index is 4.00. The van der Waals surface area contributed by atoms with Crippen molar-refractivity contribution in [3.63, 3.8) is 0 Å². The lowest BCUT2D eigenvalue weighted by atomic mass is 9.91. The lowest BCUT2D eigenvalue weighted by Crippen LogP contribution is -2.52. The molecule has 0 fully saturated rings. The summed E-state index contributed by atoms with van der Waals surface area (Å²) in [6.45, 7) is 6.83. The van der Waals surface area contributed by atoms with E-state index in [0.29, 0.717) is 0 Å². The molecular formula is C15H32N4. The van der Waals surface area contributed by atoms with Crippen LogP contribution in [0.4, 0.5) is 0 Å². The summed E-state index contributed by atoms with van der Waals surface area (Å²) >= 11 is 0. The highest BCUT2D eigenvalue weighted by Crippen LogP contribution is 2.24. The van der Waals surface area contributed by atoms with E-state index in [9.17, 15) is 0 Å². The highest BCUT2D eigenvalue weighted by atomic mass is 15.8. The summed E-state index contributed by atoms with van der Waals surface area (Å²) in [6.07, 6.45) is 15.3. The lowest BCUT2D eigenvalue weighted by molar-refractivity contribution is 0.115. The zero-order valence-corrected chi connectivity index (χ0v) is 13.0. The Balaban J connectivity index is 2.07. The second-order valence-electron chi connectivity index (χ2n) is 5.91. The molecule has 1 aliphatic heterocycles. The van der Waals surface area contributed by atoms with E-state index < -0.39 is 0 Å². The van der Waals surface area contributed by atoms with Gasteiger partial charge in [-0.25, -0.2) is 5.53 Å². The predicted octanol–water partition coefficient (Wildman–Crippen LogP) is 3.95. The third kappa shape index (κ3) is 5.81. The fraction of sp³-hybridized carbons (Fsp3) is 0.933. The van der Waals surface area contributed by atoms with Crippen LogP contribution in [0.1, 0.15) is 85.0 Å². The van der Waals surface area contributed by atoms with E-state index in [4.69, 9.17) is 0 Å². The van der Waals surface area contributed by atoms with Gasteiger partial charge in [-0.2, -0.15) is 5.10 Å². The van der Waals surface area contributed by atoms with E-state index >= 15 is 0 Å². The molecular weight excluding hydrogens is 236 g/mol. The zero-order chi connectivity index (χ0) is 14.0. The van der Waals surface area contributed by atoms with Crippen molar-refractivity contribution in [2.24, 2.45) is 5.10 Å². The SMILES string of the molecule is CCCCCCCCCCC(C)(CC)N1C=NNN1. The Morgan fingerprint density at radius 3 is 2.16 bits per heavy atom. The Kier molecular flexibility index (Phi) is 7.87. The third-order valence-electron chi connectivity index (χ3n) is 4.32. The number of nitrogens with one attached hydrogen (secondary N) is 2. The Bertz CT molecular complexity index is 255. The molecule has 112 valence electrons. The van der Waals surface area contributed by atoms with Crippen molar-refractivity contribution in [3.05, 3.63) is 0 Å². The highest BCUT2D eigenvalue weighted by Gasteiger charge is 2.29. The van der Waals surface area contributed by atoms with Crippen LogP contribution in [0.2, 0.25) is 0 Å². The number of unbranched alkanes of at least 4 members (excludes halogenated alkanes) is 7. The van der Waals surface area contributed by atoms with Crippen LogP contribution < -0.4 is 11.1 Å². The first-order valence-corrected chi connectivity index (χ1v) is 8.06. The van der Waals surface area contributed by atoms with Gasteiger partial charge in [0, 0.05) is 0 Å². The van der Waals surface area contributed by atoms with Gasteiger partial charge in [-0.15, -0.1) is 5.53 Å². The fourth-order valence-electron chi connectivity index (χ4n) is 2.58. The zero-order valence-electron chi connectivity index (χ0n) is 13.0. The normalized spacial score (nSPS) is 17.5. The standard InChI is InChI=1S/C15H32N4/c1-4-6-7-8-9-10-11-12-13-15(3,5-2)19-14-16-17-18-19/h14,17-18H,4-13H2,1-3H3. The molecule has 1 heterocycles. The molecule has 1 aliphatic rings. The number of rotatable bonds is 11. The van der Waals surface area contributed by atoms with Gasteiger partial charge in [-0.1, -0.05) is 65.2 Å². The molecule has 0 aromatic heterocycles. The summed E-state index contributed by atoms with van der Waals surface area (Å²) in [7, 11) is 0. The maximum Gasteiger partial charge on any atom is 0.129 e. The van der Waals surface area contributed by atoms with Crippen LogP contribution in [0.5, 0.6) is 0 Å². The summed E-state index contributed by atoms with van der Waals surface area (Å²) in [5.41, 5.74) is 6.05. The largest absolute Gasteiger partial charge is 0.272 e. The molecule has 19 heavy (non-hydrogen) atoms. The van der Waals surface area contributed by atoms with Gasteiger partial charge in [0.15, 0.2) is 0 Å². The van der Waals surface area contributed by atoms with Crippen molar-refractivity contribution in [2.45, 2.75) is 90.5 Å². The van der Waals surface area contributed by atoms with Crippen LogP contribution in [0, 0.1) is 0 Å². The van der Waals surface area contributed by atoms with Crippen molar-refractivity contribution in [3.8, 4) is 0 Å². The van der Waals surface area contributed by atoms with Gasteiger partial charge < -0.3 is 0 Å². The molecule has 0 spiro atoms. The van der Waals surface area contributed by atoms with Crippen LogP contribution >= 0.6 is 0 Å². The van der Waals surface area contributed by atoms with Gasteiger partial charge in [0.2, 0.25) is 0 Å².